The number of nitrogens with one attached hydrogen (secondary N) is 1. The van der Waals surface area contributed by atoms with Crippen LogP contribution >= 0.6 is 0 Å². The Morgan fingerprint density at radius 3 is 2.28 bits per heavy atom. The molecule has 2 aromatic rings. The Hall–Kier alpha value is -2.90. The van der Waals surface area contributed by atoms with Crippen LogP contribution in [0.15, 0.2) is 33.9 Å². The maximum atomic E-state index is 12.6. The Labute approximate surface area is 168 Å². The van der Waals surface area contributed by atoms with Crippen molar-refractivity contribution in [2.24, 2.45) is 5.92 Å². The standard InChI is InChI=1S/C21H26N4O4/c26-18(23-12-7-15(8-13-23)20(28)24-10-3-4-11-24)9-14-25-21(29)17-6-2-1-5-16(17)19(27)22-25/h1-2,5-6,15H,3-4,7-14H2,(H,22,27). The predicted molar refractivity (Wildman–Crippen MR) is 109 cm³/mol. The van der Waals surface area contributed by atoms with E-state index in [0.717, 1.165) is 25.9 Å². The Kier molecular flexibility index (Phi) is 5.51. The first-order chi connectivity index (χ1) is 14.0. The third-order valence-corrected chi connectivity index (χ3v) is 6.05. The molecule has 2 aliphatic heterocycles. The number of piperidine rings is 1. The molecule has 0 aliphatic carbocycles. The van der Waals surface area contributed by atoms with Gasteiger partial charge >= 0.3 is 0 Å². The highest BCUT2D eigenvalue weighted by molar-refractivity contribution is 5.81. The molecule has 2 aliphatic rings. The molecule has 4 rings (SSSR count). The maximum absolute atomic E-state index is 12.6. The second-order valence-electron chi connectivity index (χ2n) is 7.88. The molecule has 0 bridgehead atoms. The van der Waals surface area contributed by atoms with Gasteiger partial charge in [-0.1, -0.05) is 12.1 Å². The second kappa shape index (κ2) is 8.23. The van der Waals surface area contributed by atoms with Gasteiger partial charge in [0.1, 0.15) is 0 Å². The van der Waals surface area contributed by atoms with Crippen molar-refractivity contribution >= 4 is 22.6 Å². The molecule has 2 fully saturated rings. The summed E-state index contributed by atoms with van der Waals surface area (Å²) in [6.45, 7) is 2.97. The number of aryl methyl sites for hydroxylation is 1. The molecule has 8 heteroatoms. The summed E-state index contributed by atoms with van der Waals surface area (Å²) >= 11 is 0. The molecule has 1 aromatic heterocycles. The largest absolute Gasteiger partial charge is 0.343 e. The van der Waals surface area contributed by atoms with Crippen molar-refractivity contribution in [1.29, 1.82) is 0 Å². The van der Waals surface area contributed by atoms with Crippen LogP contribution in [0.25, 0.3) is 10.8 Å². The smallest absolute Gasteiger partial charge is 0.273 e. The molecule has 2 saturated heterocycles. The monoisotopic (exact) mass is 398 g/mol. The zero-order valence-electron chi connectivity index (χ0n) is 16.4. The molecule has 2 amide bonds. The number of amides is 2. The van der Waals surface area contributed by atoms with Crippen molar-refractivity contribution in [3.63, 3.8) is 0 Å². The Morgan fingerprint density at radius 2 is 1.59 bits per heavy atom. The van der Waals surface area contributed by atoms with Crippen LogP contribution in [0.2, 0.25) is 0 Å². The zero-order chi connectivity index (χ0) is 20.4. The number of hydrogen-bond acceptors (Lipinski definition) is 4. The number of aromatic amines is 1. The van der Waals surface area contributed by atoms with Gasteiger partial charge in [-0.15, -0.1) is 0 Å². The van der Waals surface area contributed by atoms with Gasteiger partial charge in [0.05, 0.1) is 17.3 Å². The molecule has 1 N–H and O–H groups in total. The van der Waals surface area contributed by atoms with E-state index in [9.17, 15) is 19.2 Å². The Bertz CT molecular complexity index is 1030. The fourth-order valence-electron chi connectivity index (χ4n) is 4.34. The number of likely N-dealkylation sites (tertiary alicyclic amines) is 2. The van der Waals surface area contributed by atoms with Crippen LogP contribution < -0.4 is 11.1 Å². The van der Waals surface area contributed by atoms with E-state index in [2.05, 4.69) is 5.10 Å². The first kappa shape index (κ1) is 19.4. The Morgan fingerprint density at radius 1 is 0.931 bits per heavy atom. The van der Waals surface area contributed by atoms with Gasteiger partial charge in [-0.2, -0.15) is 0 Å². The first-order valence-electron chi connectivity index (χ1n) is 10.3. The molecule has 3 heterocycles. The summed E-state index contributed by atoms with van der Waals surface area (Å²) in [6.07, 6.45) is 3.68. The van der Waals surface area contributed by atoms with Crippen LogP contribution in [-0.4, -0.2) is 57.6 Å². The topological polar surface area (TPSA) is 95.5 Å². The van der Waals surface area contributed by atoms with Crippen molar-refractivity contribution in [2.45, 2.75) is 38.6 Å². The van der Waals surface area contributed by atoms with Crippen LogP contribution in [0, 0.1) is 5.92 Å². The number of hydrogen-bond donors (Lipinski definition) is 1. The number of nitrogens with zero attached hydrogens (tertiary/aromatic N) is 3. The second-order valence-corrected chi connectivity index (χ2v) is 7.88. The molecule has 0 atom stereocenters. The van der Waals surface area contributed by atoms with E-state index in [4.69, 9.17) is 0 Å². The Balaban J connectivity index is 1.34. The molecule has 0 unspecified atom stereocenters. The fourth-order valence-corrected chi connectivity index (χ4v) is 4.34. The van der Waals surface area contributed by atoms with Gasteiger partial charge < -0.3 is 9.80 Å². The highest BCUT2D eigenvalue weighted by Gasteiger charge is 2.31. The average Bonchev–Trinajstić information content (AvgIpc) is 3.29. The molecule has 0 spiro atoms. The van der Waals surface area contributed by atoms with Crippen LogP contribution in [0.1, 0.15) is 32.1 Å². The van der Waals surface area contributed by atoms with E-state index < -0.39 is 0 Å². The van der Waals surface area contributed by atoms with Gasteiger partial charge in [0.25, 0.3) is 11.1 Å². The van der Waals surface area contributed by atoms with Crippen LogP contribution in [-0.2, 0) is 16.1 Å². The number of aromatic nitrogens is 2. The van der Waals surface area contributed by atoms with Crippen molar-refractivity contribution < 1.29 is 9.59 Å². The van der Waals surface area contributed by atoms with Crippen LogP contribution in [0.3, 0.4) is 0 Å². The summed E-state index contributed by atoms with van der Waals surface area (Å²) in [5.74, 6) is 0.185. The molecule has 0 saturated carbocycles. The lowest BCUT2D eigenvalue weighted by Gasteiger charge is -2.33. The summed E-state index contributed by atoms with van der Waals surface area (Å²) in [5, 5.41) is 3.26. The minimum absolute atomic E-state index is 0.0108. The molecular formula is C21H26N4O4. The number of rotatable bonds is 4. The van der Waals surface area contributed by atoms with E-state index in [0.29, 0.717) is 36.7 Å². The van der Waals surface area contributed by atoms with Crippen molar-refractivity contribution in [1.82, 2.24) is 19.6 Å². The van der Waals surface area contributed by atoms with E-state index in [1.54, 1.807) is 29.2 Å². The lowest BCUT2D eigenvalue weighted by atomic mass is 9.95. The summed E-state index contributed by atoms with van der Waals surface area (Å²) < 4.78 is 1.21. The van der Waals surface area contributed by atoms with Crippen LogP contribution in [0.4, 0.5) is 0 Å². The average molecular weight is 398 g/mol. The third kappa shape index (κ3) is 3.97. The highest BCUT2D eigenvalue weighted by Crippen LogP contribution is 2.22. The number of H-pyrrole nitrogens is 1. The van der Waals surface area contributed by atoms with E-state index >= 15 is 0 Å². The minimum atomic E-state index is -0.339. The molecule has 8 nitrogen and oxygen atoms in total. The quantitative estimate of drug-likeness (QED) is 0.829. The number of carbonyl (C=O) groups excluding carboxylic acids is 2. The highest BCUT2D eigenvalue weighted by atomic mass is 16.2. The van der Waals surface area contributed by atoms with Gasteiger partial charge in [-0.25, -0.2) is 4.68 Å². The summed E-state index contributed by atoms with van der Waals surface area (Å²) in [4.78, 5) is 53.5. The summed E-state index contributed by atoms with van der Waals surface area (Å²) in [6, 6.07) is 6.65. The normalized spacial score (nSPS) is 17.8. The van der Waals surface area contributed by atoms with Gasteiger partial charge in [0.15, 0.2) is 0 Å². The third-order valence-electron chi connectivity index (χ3n) is 6.05. The first-order valence-corrected chi connectivity index (χ1v) is 10.3. The van der Waals surface area contributed by atoms with E-state index in [-0.39, 0.29) is 41.8 Å². The lowest BCUT2D eigenvalue weighted by Crippen LogP contribution is -2.44. The van der Waals surface area contributed by atoms with Crippen molar-refractivity contribution in [2.75, 3.05) is 26.2 Å². The number of carbonyl (C=O) groups is 2. The van der Waals surface area contributed by atoms with Crippen molar-refractivity contribution in [3.05, 3.63) is 45.0 Å². The van der Waals surface area contributed by atoms with Gasteiger partial charge in [0, 0.05) is 38.5 Å². The SMILES string of the molecule is O=C(CCn1[nH]c(=O)c2ccccc2c1=O)N1CCC(C(=O)N2CCCC2)CC1. The van der Waals surface area contributed by atoms with Crippen LogP contribution in [0.5, 0.6) is 0 Å². The molecule has 29 heavy (non-hydrogen) atoms. The molecule has 154 valence electrons. The molecule has 0 radical (unpaired) electrons. The van der Waals surface area contributed by atoms with Crippen molar-refractivity contribution in [3.8, 4) is 0 Å². The predicted octanol–water partition coefficient (Wildman–Crippen LogP) is 0.941. The van der Waals surface area contributed by atoms with Gasteiger partial charge in [-0.05, 0) is 37.8 Å². The van der Waals surface area contributed by atoms with Gasteiger partial charge in [0.2, 0.25) is 11.8 Å². The summed E-state index contributed by atoms with van der Waals surface area (Å²) in [5.41, 5.74) is -0.642. The maximum Gasteiger partial charge on any atom is 0.273 e. The fraction of sp³-hybridized carbons (Fsp3) is 0.524. The lowest BCUT2D eigenvalue weighted by molar-refractivity contribution is -0.140. The van der Waals surface area contributed by atoms with Gasteiger partial charge in [-0.3, -0.25) is 24.3 Å². The van der Waals surface area contributed by atoms with E-state index in [1.807, 2.05) is 4.90 Å². The molecular weight excluding hydrogens is 372 g/mol. The number of fused-ring (bicyclic) bond motifs is 1. The summed E-state index contributed by atoms with van der Waals surface area (Å²) in [7, 11) is 0. The minimum Gasteiger partial charge on any atom is -0.343 e. The molecule has 1 aromatic carbocycles. The zero-order valence-corrected chi connectivity index (χ0v) is 16.4. The number of benzene rings is 1. The van der Waals surface area contributed by atoms with E-state index in [1.165, 1.54) is 4.68 Å².